The van der Waals surface area contributed by atoms with Crippen molar-refractivity contribution in [1.82, 2.24) is 0 Å². The van der Waals surface area contributed by atoms with E-state index in [1.165, 1.54) is 24.3 Å². The number of carbonyl (C=O) groups is 1. The van der Waals surface area contributed by atoms with Crippen molar-refractivity contribution in [2.75, 3.05) is 0 Å². The second kappa shape index (κ2) is 3.78. The molecule has 88 valence electrons. The summed E-state index contributed by atoms with van der Waals surface area (Å²) in [6.07, 6.45) is -1.12. The van der Waals surface area contributed by atoms with E-state index in [9.17, 15) is 20.0 Å². The van der Waals surface area contributed by atoms with Gasteiger partial charge in [-0.2, -0.15) is 0 Å². The zero-order valence-corrected chi connectivity index (χ0v) is 8.49. The number of hydrogen-bond donors (Lipinski definition) is 2. The Hall–Kier alpha value is -2.57. The summed E-state index contributed by atoms with van der Waals surface area (Å²) < 4.78 is 4.94. The first kappa shape index (κ1) is 10.9. The molecule has 1 atom stereocenters. The number of ketones is 1. The molecule has 0 saturated carbocycles. The lowest BCUT2D eigenvalue weighted by atomic mass is 10.1. The number of carbonyl (C=O) groups excluding carboxylic acids is 1. The van der Waals surface area contributed by atoms with Gasteiger partial charge in [0.15, 0.2) is 6.10 Å². The number of ether oxygens (including phenoxy) is 1. The Balaban J connectivity index is 2.34. The van der Waals surface area contributed by atoms with Crippen molar-refractivity contribution in [3.63, 3.8) is 0 Å². The Kier molecular flexibility index (Phi) is 2.43. The standard InChI is InChI=1S/C10H8N2O5/c11-10-8(14)7(13)9(17-10)5-2-1-3-6(4-5)12(15)16/h1-4,9,14H,11H2/t9-/m1/s1. The zero-order chi connectivity index (χ0) is 12.6. The maximum Gasteiger partial charge on any atom is 0.269 e. The predicted molar refractivity (Wildman–Crippen MR) is 55.8 cm³/mol. The molecule has 1 aromatic carbocycles. The van der Waals surface area contributed by atoms with E-state index in [-0.39, 0.29) is 17.1 Å². The Morgan fingerprint density at radius 1 is 1.47 bits per heavy atom. The van der Waals surface area contributed by atoms with Gasteiger partial charge in [-0.15, -0.1) is 0 Å². The van der Waals surface area contributed by atoms with Crippen LogP contribution in [0.25, 0.3) is 0 Å². The van der Waals surface area contributed by atoms with Gasteiger partial charge in [0.2, 0.25) is 17.4 Å². The Bertz CT molecular complexity index is 537. The van der Waals surface area contributed by atoms with Crippen LogP contribution < -0.4 is 5.73 Å². The van der Waals surface area contributed by atoms with Crippen molar-refractivity contribution in [3.8, 4) is 0 Å². The smallest absolute Gasteiger partial charge is 0.269 e. The number of aliphatic hydroxyl groups is 1. The number of rotatable bonds is 2. The normalized spacial score (nSPS) is 19.3. The van der Waals surface area contributed by atoms with Crippen LogP contribution in [0.4, 0.5) is 5.69 Å². The highest BCUT2D eigenvalue weighted by atomic mass is 16.6. The van der Waals surface area contributed by atoms with Crippen LogP contribution in [0.5, 0.6) is 0 Å². The van der Waals surface area contributed by atoms with Gasteiger partial charge in [0, 0.05) is 17.7 Å². The number of nitrogens with two attached hydrogens (primary N) is 1. The van der Waals surface area contributed by atoms with Crippen molar-refractivity contribution in [1.29, 1.82) is 0 Å². The third-order valence-corrected chi connectivity index (χ3v) is 2.33. The van der Waals surface area contributed by atoms with Gasteiger partial charge in [-0.05, 0) is 0 Å². The van der Waals surface area contributed by atoms with E-state index in [1.807, 2.05) is 0 Å². The molecule has 17 heavy (non-hydrogen) atoms. The monoisotopic (exact) mass is 236 g/mol. The summed E-state index contributed by atoms with van der Waals surface area (Å²) in [4.78, 5) is 21.5. The van der Waals surface area contributed by atoms with Crippen LogP contribution in [-0.2, 0) is 9.53 Å². The summed E-state index contributed by atoms with van der Waals surface area (Å²) in [6, 6.07) is 5.41. The number of nitrogens with zero attached hydrogens (tertiary/aromatic N) is 1. The van der Waals surface area contributed by atoms with Gasteiger partial charge < -0.3 is 15.6 Å². The van der Waals surface area contributed by atoms with E-state index in [0.717, 1.165) is 0 Å². The fraction of sp³-hybridized carbons (Fsp3) is 0.100. The molecule has 0 aromatic heterocycles. The van der Waals surface area contributed by atoms with Gasteiger partial charge >= 0.3 is 0 Å². The molecule has 0 bridgehead atoms. The Morgan fingerprint density at radius 3 is 2.71 bits per heavy atom. The summed E-state index contributed by atoms with van der Waals surface area (Å²) in [7, 11) is 0. The van der Waals surface area contributed by atoms with Gasteiger partial charge in [-0.3, -0.25) is 14.9 Å². The fourth-order valence-corrected chi connectivity index (χ4v) is 1.50. The molecule has 3 N–H and O–H groups in total. The molecule has 7 nitrogen and oxygen atoms in total. The summed E-state index contributed by atoms with van der Waals surface area (Å²) in [5, 5.41) is 19.8. The lowest BCUT2D eigenvalue weighted by Gasteiger charge is -2.09. The van der Waals surface area contributed by atoms with E-state index >= 15 is 0 Å². The largest absolute Gasteiger partial charge is 0.501 e. The first-order valence-electron chi connectivity index (χ1n) is 4.64. The molecule has 0 unspecified atom stereocenters. The van der Waals surface area contributed by atoms with Gasteiger partial charge in [-0.25, -0.2) is 0 Å². The maximum atomic E-state index is 11.5. The van der Waals surface area contributed by atoms with Gasteiger partial charge in [0.1, 0.15) is 0 Å². The van der Waals surface area contributed by atoms with E-state index in [1.54, 1.807) is 0 Å². The second-order valence-corrected chi connectivity index (χ2v) is 3.43. The highest BCUT2D eigenvalue weighted by Crippen LogP contribution is 2.31. The van der Waals surface area contributed by atoms with Crippen molar-refractivity contribution in [2.24, 2.45) is 5.73 Å². The predicted octanol–water partition coefficient (Wildman–Crippen LogP) is 0.921. The molecule has 0 spiro atoms. The van der Waals surface area contributed by atoms with Crippen molar-refractivity contribution in [2.45, 2.75) is 6.10 Å². The topological polar surface area (TPSA) is 116 Å². The van der Waals surface area contributed by atoms with Crippen LogP contribution in [0.1, 0.15) is 11.7 Å². The summed E-state index contributed by atoms with van der Waals surface area (Å²) >= 11 is 0. The average Bonchev–Trinajstić information content (AvgIpc) is 2.57. The minimum atomic E-state index is -1.12. The average molecular weight is 236 g/mol. The molecule has 0 amide bonds. The Morgan fingerprint density at radius 2 is 2.18 bits per heavy atom. The third-order valence-electron chi connectivity index (χ3n) is 2.33. The second-order valence-electron chi connectivity index (χ2n) is 3.43. The van der Waals surface area contributed by atoms with Crippen LogP contribution in [0, 0.1) is 10.1 Å². The van der Waals surface area contributed by atoms with Crippen LogP contribution in [0.3, 0.4) is 0 Å². The lowest BCUT2D eigenvalue weighted by Crippen LogP contribution is -2.10. The van der Waals surface area contributed by atoms with Gasteiger partial charge in [0.05, 0.1) is 4.92 Å². The maximum absolute atomic E-state index is 11.5. The van der Waals surface area contributed by atoms with Crippen LogP contribution >= 0.6 is 0 Å². The number of benzene rings is 1. The quantitative estimate of drug-likeness (QED) is 0.582. The molecule has 0 radical (unpaired) electrons. The van der Waals surface area contributed by atoms with E-state index in [2.05, 4.69) is 0 Å². The first-order chi connectivity index (χ1) is 8.00. The Labute approximate surface area is 95.3 Å². The molecule has 2 rings (SSSR count). The molecular weight excluding hydrogens is 228 g/mol. The zero-order valence-electron chi connectivity index (χ0n) is 8.49. The number of nitro groups is 1. The molecule has 7 heteroatoms. The molecule has 1 heterocycles. The highest BCUT2D eigenvalue weighted by molar-refractivity contribution is 5.99. The fourth-order valence-electron chi connectivity index (χ4n) is 1.50. The summed E-state index contributed by atoms with van der Waals surface area (Å²) in [5.74, 6) is -1.73. The third kappa shape index (κ3) is 1.78. The van der Waals surface area contributed by atoms with Gasteiger partial charge in [0.25, 0.3) is 5.69 Å². The highest BCUT2D eigenvalue weighted by Gasteiger charge is 2.35. The van der Waals surface area contributed by atoms with Crippen molar-refractivity contribution >= 4 is 11.5 Å². The van der Waals surface area contributed by atoms with Crippen LogP contribution in [0.15, 0.2) is 35.9 Å². The minimum Gasteiger partial charge on any atom is -0.501 e. The molecule has 0 aliphatic carbocycles. The summed E-state index contributed by atoms with van der Waals surface area (Å²) in [6.45, 7) is 0. The molecule has 0 saturated heterocycles. The molecule has 1 aliphatic heterocycles. The first-order valence-corrected chi connectivity index (χ1v) is 4.64. The van der Waals surface area contributed by atoms with E-state index in [0.29, 0.717) is 0 Å². The van der Waals surface area contributed by atoms with Crippen LogP contribution in [-0.4, -0.2) is 15.8 Å². The van der Waals surface area contributed by atoms with Gasteiger partial charge in [-0.1, -0.05) is 12.1 Å². The minimum absolute atomic E-state index is 0.163. The number of non-ortho nitro benzene ring substituents is 1. The number of Topliss-reactive ketones (excluding diaryl/α,β-unsaturated/α-hetero) is 1. The van der Waals surface area contributed by atoms with Crippen molar-refractivity contribution < 1.29 is 19.6 Å². The lowest BCUT2D eigenvalue weighted by molar-refractivity contribution is -0.385. The van der Waals surface area contributed by atoms with Crippen LogP contribution in [0.2, 0.25) is 0 Å². The summed E-state index contributed by atoms with van der Waals surface area (Å²) in [5.41, 5.74) is 5.36. The SMILES string of the molecule is NC1=C(O)C(=O)[C@@H](c2cccc([N+](=O)[O-])c2)O1. The molecule has 0 fully saturated rings. The molecular formula is C10H8N2O5. The van der Waals surface area contributed by atoms with E-state index in [4.69, 9.17) is 10.5 Å². The van der Waals surface area contributed by atoms with E-state index < -0.39 is 22.6 Å². The number of aliphatic hydroxyl groups excluding tert-OH is 1. The molecule has 1 aliphatic rings. The molecule has 1 aromatic rings. The number of nitro benzene ring substituents is 1. The van der Waals surface area contributed by atoms with Crippen molar-refractivity contribution in [3.05, 3.63) is 51.6 Å². The number of hydrogen-bond acceptors (Lipinski definition) is 6.